The van der Waals surface area contributed by atoms with Gasteiger partial charge in [0.05, 0.1) is 18.7 Å². The first kappa shape index (κ1) is 18.5. The lowest BCUT2D eigenvalue weighted by Gasteiger charge is -2.33. The number of aliphatic hydroxyl groups excluding tert-OH is 1. The molecule has 1 aromatic rings. The first-order valence-corrected chi connectivity index (χ1v) is 9.21. The molecule has 0 spiro atoms. The number of hydrogen-bond donors (Lipinski definition) is 1. The Hall–Kier alpha value is -2.30. The quantitative estimate of drug-likeness (QED) is 0.886. The van der Waals surface area contributed by atoms with Crippen LogP contribution in [0.3, 0.4) is 0 Å². The van der Waals surface area contributed by atoms with E-state index in [-0.39, 0.29) is 17.4 Å². The van der Waals surface area contributed by atoms with Gasteiger partial charge in [0.15, 0.2) is 11.5 Å². The maximum atomic E-state index is 13.1. The van der Waals surface area contributed by atoms with Crippen molar-refractivity contribution in [1.82, 2.24) is 4.90 Å². The van der Waals surface area contributed by atoms with Crippen molar-refractivity contribution in [2.75, 3.05) is 7.11 Å². The molecule has 0 radical (unpaired) electrons. The van der Waals surface area contributed by atoms with Gasteiger partial charge >= 0.3 is 0 Å². The molecule has 0 saturated heterocycles. The molecular weight excluding hydrogens is 330 g/mol. The van der Waals surface area contributed by atoms with Crippen molar-refractivity contribution in [3.63, 3.8) is 0 Å². The predicted octanol–water partition coefficient (Wildman–Crippen LogP) is 3.95. The Morgan fingerprint density at radius 2 is 1.81 bits per heavy atom. The van der Waals surface area contributed by atoms with Gasteiger partial charge in [0.25, 0.3) is 5.91 Å². The van der Waals surface area contributed by atoms with Crippen LogP contribution in [0.5, 0.6) is 5.75 Å². The van der Waals surface area contributed by atoms with Gasteiger partial charge in [-0.1, -0.05) is 51.8 Å². The number of methoxy groups -OCH3 is 1. The number of nitrogens with zero attached hydrogens (tertiary/aromatic N) is 1. The lowest BCUT2D eigenvalue weighted by Crippen LogP contribution is -2.39. The van der Waals surface area contributed by atoms with Crippen molar-refractivity contribution in [2.45, 2.75) is 58.5 Å². The average molecular weight is 357 g/mol. The summed E-state index contributed by atoms with van der Waals surface area (Å²) in [7, 11) is 1.57. The van der Waals surface area contributed by atoms with Gasteiger partial charge in [-0.15, -0.1) is 0 Å². The molecule has 1 aliphatic heterocycles. The first-order valence-electron chi connectivity index (χ1n) is 9.21. The summed E-state index contributed by atoms with van der Waals surface area (Å²) in [5, 5.41) is 10.6. The second-order valence-corrected chi connectivity index (χ2v) is 8.14. The summed E-state index contributed by atoms with van der Waals surface area (Å²) in [4.78, 5) is 27.8. The number of para-hydroxylation sites is 1. The molecule has 1 saturated carbocycles. The number of hydrogen-bond acceptors (Lipinski definition) is 4. The Kier molecular flexibility index (Phi) is 4.82. The molecule has 5 nitrogen and oxygen atoms in total. The summed E-state index contributed by atoms with van der Waals surface area (Å²) in [5.41, 5.74) is 0.237. The topological polar surface area (TPSA) is 66.8 Å². The van der Waals surface area contributed by atoms with E-state index in [0.29, 0.717) is 5.75 Å². The maximum absolute atomic E-state index is 13.1. The number of carbonyl (C=O) groups excluding carboxylic acids is 2. The minimum Gasteiger partial charge on any atom is -0.503 e. The number of carbonyl (C=O) groups is 2. The molecule has 1 heterocycles. The van der Waals surface area contributed by atoms with Crippen LogP contribution in [0.4, 0.5) is 0 Å². The van der Waals surface area contributed by atoms with E-state index < -0.39 is 23.1 Å². The molecule has 1 aromatic carbocycles. The third kappa shape index (κ3) is 3.00. The normalized spacial score (nSPS) is 21.6. The van der Waals surface area contributed by atoms with Crippen LogP contribution in [0, 0.1) is 5.41 Å². The van der Waals surface area contributed by atoms with Crippen LogP contribution < -0.4 is 4.74 Å². The molecule has 1 unspecified atom stereocenters. The molecule has 3 rings (SSSR count). The molecule has 1 fully saturated rings. The van der Waals surface area contributed by atoms with Crippen molar-refractivity contribution in [2.24, 2.45) is 5.41 Å². The van der Waals surface area contributed by atoms with E-state index in [1.165, 1.54) is 0 Å². The van der Waals surface area contributed by atoms with E-state index in [1.54, 1.807) is 32.8 Å². The number of ketones is 1. The second kappa shape index (κ2) is 6.78. The molecule has 1 N–H and O–H groups in total. The monoisotopic (exact) mass is 357 g/mol. The smallest absolute Gasteiger partial charge is 0.290 e. The molecule has 0 bridgehead atoms. The summed E-state index contributed by atoms with van der Waals surface area (Å²) in [6.45, 7) is 5.41. The Bertz CT molecular complexity index is 754. The number of rotatable bonds is 4. The van der Waals surface area contributed by atoms with E-state index >= 15 is 0 Å². The number of amides is 1. The predicted molar refractivity (Wildman–Crippen MR) is 99.0 cm³/mol. The van der Waals surface area contributed by atoms with E-state index in [9.17, 15) is 14.7 Å². The average Bonchev–Trinajstić information content (AvgIpc) is 3.21. The molecule has 140 valence electrons. The second-order valence-electron chi connectivity index (χ2n) is 8.14. The van der Waals surface area contributed by atoms with Gasteiger partial charge in [0.1, 0.15) is 5.75 Å². The summed E-state index contributed by atoms with van der Waals surface area (Å²) < 4.78 is 5.50. The maximum Gasteiger partial charge on any atom is 0.290 e. The van der Waals surface area contributed by atoms with Crippen molar-refractivity contribution in [3.8, 4) is 5.75 Å². The van der Waals surface area contributed by atoms with E-state index in [2.05, 4.69) is 0 Å². The van der Waals surface area contributed by atoms with Crippen LogP contribution in [0.1, 0.15) is 58.1 Å². The number of ether oxygens (including phenoxy) is 1. The molecular formula is C21H27NO4. The standard InChI is InChI=1S/C21H27NO4/c1-21(2,3)19(24)16-17(14-11-7-8-12-15(14)26-4)22(20(25)18(16)23)13-9-5-6-10-13/h7-8,11-13,17,23H,5-6,9-10H2,1-4H3. The third-order valence-corrected chi connectivity index (χ3v) is 5.32. The highest BCUT2D eigenvalue weighted by Gasteiger charge is 2.49. The van der Waals surface area contributed by atoms with Gasteiger partial charge in [-0.25, -0.2) is 0 Å². The zero-order chi connectivity index (χ0) is 19.1. The SMILES string of the molecule is COc1ccccc1C1C(C(=O)C(C)(C)C)=C(O)C(=O)N1C1CCCC1. The van der Waals surface area contributed by atoms with Gasteiger partial charge < -0.3 is 14.7 Å². The molecule has 1 aliphatic carbocycles. The van der Waals surface area contributed by atoms with E-state index in [4.69, 9.17) is 4.74 Å². The fourth-order valence-electron chi connectivity index (χ4n) is 4.02. The van der Waals surface area contributed by atoms with Crippen LogP contribution >= 0.6 is 0 Å². The van der Waals surface area contributed by atoms with E-state index in [0.717, 1.165) is 31.2 Å². The minimum atomic E-state index is -0.699. The molecule has 2 aliphatic rings. The summed E-state index contributed by atoms with van der Waals surface area (Å²) in [6, 6.07) is 6.84. The minimum absolute atomic E-state index is 0.0323. The Labute approximate surface area is 154 Å². The first-order chi connectivity index (χ1) is 12.3. The highest BCUT2D eigenvalue weighted by molar-refractivity contribution is 6.10. The Morgan fingerprint density at radius 3 is 2.38 bits per heavy atom. The van der Waals surface area contributed by atoms with Crippen molar-refractivity contribution >= 4 is 11.7 Å². The molecule has 1 amide bonds. The van der Waals surface area contributed by atoms with Gasteiger partial charge in [0, 0.05) is 17.0 Å². The van der Waals surface area contributed by atoms with Crippen LogP contribution in [-0.4, -0.2) is 34.8 Å². The van der Waals surface area contributed by atoms with E-state index in [1.807, 2.05) is 24.3 Å². The van der Waals surface area contributed by atoms with Crippen molar-refractivity contribution < 1.29 is 19.4 Å². The fraction of sp³-hybridized carbons (Fsp3) is 0.524. The number of Topliss-reactive ketones (excluding diaryl/α,β-unsaturated/α-hetero) is 1. The summed E-state index contributed by atoms with van der Waals surface area (Å²) in [6.07, 6.45) is 3.89. The largest absolute Gasteiger partial charge is 0.503 e. The van der Waals surface area contributed by atoms with Crippen LogP contribution in [0.15, 0.2) is 35.6 Å². The molecule has 0 aromatic heterocycles. The lowest BCUT2D eigenvalue weighted by molar-refractivity contribution is -0.131. The molecule has 26 heavy (non-hydrogen) atoms. The number of benzene rings is 1. The molecule has 1 atom stereocenters. The lowest BCUT2D eigenvalue weighted by atomic mass is 9.82. The van der Waals surface area contributed by atoms with Crippen molar-refractivity contribution in [3.05, 3.63) is 41.2 Å². The zero-order valence-electron chi connectivity index (χ0n) is 15.9. The highest BCUT2D eigenvalue weighted by Crippen LogP contribution is 2.46. The Balaban J connectivity index is 2.17. The van der Waals surface area contributed by atoms with Crippen LogP contribution in [-0.2, 0) is 9.59 Å². The zero-order valence-corrected chi connectivity index (χ0v) is 15.9. The number of aliphatic hydroxyl groups is 1. The summed E-state index contributed by atoms with van der Waals surface area (Å²) in [5.74, 6) is -0.449. The van der Waals surface area contributed by atoms with Crippen LogP contribution in [0.25, 0.3) is 0 Å². The van der Waals surface area contributed by atoms with Gasteiger partial charge in [-0.3, -0.25) is 9.59 Å². The van der Waals surface area contributed by atoms with Gasteiger partial charge in [-0.05, 0) is 18.9 Å². The van der Waals surface area contributed by atoms with Gasteiger partial charge in [0.2, 0.25) is 0 Å². The Morgan fingerprint density at radius 1 is 1.19 bits per heavy atom. The highest BCUT2D eigenvalue weighted by atomic mass is 16.5. The molecule has 5 heteroatoms. The van der Waals surface area contributed by atoms with Crippen LogP contribution in [0.2, 0.25) is 0 Å². The van der Waals surface area contributed by atoms with Gasteiger partial charge in [-0.2, -0.15) is 0 Å². The third-order valence-electron chi connectivity index (χ3n) is 5.32. The van der Waals surface area contributed by atoms with Crippen molar-refractivity contribution in [1.29, 1.82) is 0 Å². The fourth-order valence-corrected chi connectivity index (χ4v) is 4.02. The summed E-state index contributed by atoms with van der Waals surface area (Å²) >= 11 is 0.